The fraction of sp³-hybridized carbons (Fsp3) is 0.318. The Morgan fingerprint density at radius 3 is 2.65 bits per heavy atom. The number of hydrogen-bond donors (Lipinski definition) is 1. The van der Waals surface area contributed by atoms with Crippen LogP contribution in [0.5, 0.6) is 0 Å². The average Bonchev–Trinajstić information content (AvgIpc) is 3.00. The van der Waals surface area contributed by atoms with E-state index in [1.807, 2.05) is 24.3 Å². The molecule has 3 nitrogen and oxygen atoms in total. The minimum absolute atomic E-state index is 0.105. The fourth-order valence-electron chi connectivity index (χ4n) is 3.18. The summed E-state index contributed by atoms with van der Waals surface area (Å²) in [5.41, 5.74) is 3.36. The van der Waals surface area contributed by atoms with Crippen molar-refractivity contribution in [2.75, 3.05) is 6.54 Å². The van der Waals surface area contributed by atoms with Crippen LogP contribution in [0.4, 0.5) is 4.39 Å². The highest BCUT2D eigenvalue weighted by Crippen LogP contribution is 2.23. The normalized spacial score (nSPS) is 11.0. The lowest BCUT2D eigenvalue weighted by Crippen LogP contribution is -2.24. The van der Waals surface area contributed by atoms with E-state index in [0.717, 1.165) is 36.9 Å². The first-order valence-corrected chi connectivity index (χ1v) is 9.25. The Balaban J connectivity index is 1.74. The van der Waals surface area contributed by atoms with E-state index in [4.69, 9.17) is 0 Å². The number of hydrogen-bond acceptors (Lipinski definition) is 1. The molecule has 0 bridgehead atoms. The standard InChI is InChI=1S/C22H25FN2O/c1-2-3-14-24-22(26)13-10-18-16-25(21-7-5-4-6-20(18)21)15-17-8-11-19(23)12-9-17/h4-9,11-12,16H,2-3,10,13-15H2,1H3,(H,24,26). The van der Waals surface area contributed by atoms with Crippen LogP contribution in [0.2, 0.25) is 0 Å². The van der Waals surface area contributed by atoms with Crippen molar-refractivity contribution in [3.05, 3.63) is 71.7 Å². The van der Waals surface area contributed by atoms with Gasteiger partial charge in [-0.25, -0.2) is 4.39 Å². The van der Waals surface area contributed by atoms with Crippen molar-refractivity contribution < 1.29 is 9.18 Å². The molecule has 136 valence electrons. The first-order chi connectivity index (χ1) is 12.7. The number of halogens is 1. The van der Waals surface area contributed by atoms with Crippen LogP contribution in [-0.4, -0.2) is 17.0 Å². The maximum absolute atomic E-state index is 13.1. The second-order valence-electron chi connectivity index (χ2n) is 6.63. The third kappa shape index (κ3) is 4.51. The Morgan fingerprint density at radius 1 is 1.12 bits per heavy atom. The van der Waals surface area contributed by atoms with E-state index in [1.165, 1.54) is 23.1 Å². The summed E-state index contributed by atoms with van der Waals surface area (Å²) in [6.45, 7) is 3.55. The highest BCUT2D eigenvalue weighted by Gasteiger charge is 2.10. The zero-order valence-electron chi connectivity index (χ0n) is 15.2. The molecule has 0 unspecified atom stereocenters. The van der Waals surface area contributed by atoms with Gasteiger partial charge in [-0.3, -0.25) is 4.79 Å². The molecule has 0 spiro atoms. The molecular weight excluding hydrogens is 327 g/mol. The van der Waals surface area contributed by atoms with Crippen LogP contribution in [-0.2, 0) is 17.8 Å². The molecule has 1 amide bonds. The van der Waals surface area contributed by atoms with Gasteiger partial charge in [0.25, 0.3) is 0 Å². The van der Waals surface area contributed by atoms with E-state index in [1.54, 1.807) is 0 Å². The number of amides is 1. The van der Waals surface area contributed by atoms with Crippen LogP contribution >= 0.6 is 0 Å². The number of aromatic nitrogens is 1. The van der Waals surface area contributed by atoms with Gasteiger partial charge in [0, 0.05) is 36.6 Å². The van der Waals surface area contributed by atoms with Crippen molar-refractivity contribution in [1.29, 1.82) is 0 Å². The van der Waals surface area contributed by atoms with E-state index >= 15 is 0 Å². The van der Waals surface area contributed by atoms with Gasteiger partial charge in [-0.2, -0.15) is 0 Å². The lowest BCUT2D eigenvalue weighted by atomic mass is 10.1. The summed E-state index contributed by atoms with van der Waals surface area (Å²) in [6, 6.07) is 14.8. The maximum Gasteiger partial charge on any atom is 0.220 e. The van der Waals surface area contributed by atoms with E-state index in [9.17, 15) is 9.18 Å². The van der Waals surface area contributed by atoms with Gasteiger partial charge in [0.2, 0.25) is 5.91 Å². The molecule has 0 saturated carbocycles. The molecule has 3 aromatic rings. The lowest BCUT2D eigenvalue weighted by molar-refractivity contribution is -0.121. The Morgan fingerprint density at radius 2 is 1.88 bits per heavy atom. The van der Waals surface area contributed by atoms with Gasteiger partial charge < -0.3 is 9.88 Å². The second kappa shape index (κ2) is 8.65. The molecule has 0 atom stereocenters. The van der Waals surface area contributed by atoms with Crippen molar-refractivity contribution in [3.63, 3.8) is 0 Å². The SMILES string of the molecule is CCCCNC(=O)CCc1cn(Cc2ccc(F)cc2)c2ccccc12. The van der Waals surface area contributed by atoms with Gasteiger partial charge in [0.15, 0.2) is 0 Å². The number of carbonyl (C=O) groups is 1. The highest BCUT2D eigenvalue weighted by atomic mass is 19.1. The number of para-hydroxylation sites is 1. The van der Waals surface area contributed by atoms with Gasteiger partial charge in [-0.15, -0.1) is 0 Å². The smallest absolute Gasteiger partial charge is 0.220 e. The zero-order chi connectivity index (χ0) is 18.4. The van der Waals surface area contributed by atoms with Crippen LogP contribution in [0, 0.1) is 5.82 Å². The van der Waals surface area contributed by atoms with E-state index in [2.05, 4.69) is 35.1 Å². The molecule has 0 aliphatic rings. The van der Waals surface area contributed by atoms with Gasteiger partial charge >= 0.3 is 0 Å². The quantitative estimate of drug-likeness (QED) is 0.587. The summed E-state index contributed by atoms with van der Waals surface area (Å²) in [7, 11) is 0. The number of unbranched alkanes of at least 4 members (excludes halogenated alkanes) is 1. The average molecular weight is 352 g/mol. The van der Waals surface area contributed by atoms with Gasteiger partial charge in [-0.05, 0) is 42.2 Å². The fourth-order valence-corrected chi connectivity index (χ4v) is 3.18. The zero-order valence-corrected chi connectivity index (χ0v) is 15.2. The molecule has 0 radical (unpaired) electrons. The van der Waals surface area contributed by atoms with Crippen molar-refractivity contribution in [1.82, 2.24) is 9.88 Å². The maximum atomic E-state index is 13.1. The summed E-state index contributed by atoms with van der Waals surface area (Å²) in [4.78, 5) is 12.0. The first kappa shape index (κ1) is 18.2. The van der Waals surface area contributed by atoms with Crippen LogP contribution in [0.3, 0.4) is 0 Å². The summed E-state index contributed by atoms with van der Waals surface area (Å²) in [5, 5.41) is 4.15. The molecule has 0 fully saturated rings. The van der Waals surface area contributed by atoms with Gasteiger partial charge in [0.05, 0.1) is 0 Å². The molecule has 26 heavy (non-hydrogen) atoms. The Labute approximate surface area is 153 Å². The van der Waals surface area contributed by atoms with E-state index in [-0.39, 0.29) is 11.7 Å². The summed E-state index contributed by atoms with van der Waals surface area (Å²) in [6.07, 6.45) is 5.43. The Bertz CT molecular complexity index is 867. The molecule has 0 aliphatic heterocycles. The minimum atomic E-state index is -0.221. The molecule has 1 N–H and O–H groups in total. The third-order valence-electron chi connectivity index (χ3n) is 4.61. The molecular formula is C22H25FN2O. The number of benzene rings is 2. The number of aryl methyl sites for hydroxylation is 1. The molecule has 1 aromatic heterocycles. The molecule has 2 aromatic carbocycles. The second-order valence-corrected chi connectivity index (χ2v) is 6.63. The van der Waals surface area contributed by atoms with E-state index in [0.29, 0.717) is 13.0 Å². The lowest BCUT2D eigenvalue weighted by Gasteiger charge is -2.05. The Kier molecular flexibility index (Phi) is 6.05. The van der Waals surface area contributed by atoms with Crippen molar-refractivity contribution in [2.45, 2.75) is 39.2 Å². The monoisotopic (exact) mass is 352 g/mol. The topological polar surface area (TPSA) is 34.0 Å². The van der Waals surface area contributed by atoms with Gasteiger partial charge in [0.1, 0.15) is 5.82 Å². The summed E-state index contributed by atoms with van der Waals surface area (Å²) in [5.74, 6) is -0.116. The number of nitrogens with zero attached hydrogens (tertiary/aromatic N) is 1. The largest absolute Gasteiger partial charge is 0.356 e. The predicted molar refractivity (Wildman–Crippen MR) is 104 cm³/mol. The predicted octanol–water partition coefficient (Wildman–Crippen LogP) is 4.68. The summed E-state index contributed by atoms with van der Waals surface area (Å²) >= 11 is 0. The van der Waals surface area contributed by atoms with Crippen molar-refractivity contribution in [3.8, 4) is 0 Å². The molecule has 0 saturated heterocycles. The highest BCUT2D eigenvalue weighted by molar-refractivity contribution is 5.85. The number of carbonyl (C=O) groups excluding carboxylic acids is 1. The van der Waals surface area contributed by atoms with Crippen LogP contribution < -0.4 is 5.32 Å². The minimum Gasteiger partial charge on any atom is -0.356 e. The van der Waals surface area contributed by atoms with Crippen LogP contribution in [0.25, 0.3) is 10.9 Å². The van der Waals surface area contributed by atoms with Gasteiger partial charge in [-0.1, -0.05) is 43.7 Å². The third-order valence-corrected chi connectivity index (χ3v) is 4.61. The van der Waals surface area contributed by atoms with Crippen LogP contribution in [0.1, 0.15) is 37.3 Å². The van der Waals surface area contributed by atoms with Crippen molar-refractivity contribution in [2.24, 2.45) is 0 Å². The number of fused-ring (bicyclic) bond motifs is 1. The number of nitrogens with one attached hydrogen (secondary N) is 1. The molecule has 3 rings (SSSR count). The molecule has 0 aliphatic carbocycles. The molecule has 1 heterocycles. The van der Waals surface area contributed by atoms with E-state index < -0.39 is 0 Å². The number of rotatable bonds is 8. The summed E-state index contributed by atoms with van der Waals surface area (Å²) < 4.78 is 15.3. The van der Waals surface area contributed by atoms with Crippen molar-refractivity contribution >= 4 is 16.8 Å². The van der Waals surface area contributed by atoms with Crippen LogP contribution in [0.15, 0.2) is 54.7 Å². The molecule has 4 heteroatoms. The Hall–Kier alpha value is -2.62. The first-order valence-electron chi connectivity index (χ1n) is 9.25.